The minimum Gasteiger partial charge on any atom is -0.0622 e. The number of aryl methyl sites for hydroxylation is 2. The highest BCUT2D eigenvalue weighted by Crippen LogP contribution is 2.53. The van der Waals surface area contributed by atoms with E-state index in [0.29, 0.717) is 0 Å². The fourth-order valence-corrected chi connectivity index (χ4v) is 6.32. The van der Waals surface area contributed by atoms with Crippen molar-refractivity contribution in [1.82, 2.24) is 0 Å². The van der Waals surface area contributed by atoms with Gasteiger partial charge < -0.3 is 0 Å². The van der Waals surface area contributed by atoms with E-state index in [1.54, 1.807) is 0 Å². The molecule has 0 aliphatic carbocycles. The second kappa shape index (κ2) is 10.6. The van der Waals surface area contributed by atoms with Gasteiger partial charge in [0.1, 0.15) is 0 Å². The van der Waals surface area contributed by atoms with Crippen LogP contribution in [-0.4, -0.2) is 0 Å². The van der Waals surface area contributed by atoms with E-state index < -0.39 is 0 Å². The van der Waals surface area contributed by atoms with Crippen LogP contribution in [0, 0.1) is 13.8 Å². The Labute approximate surface area is 232 Å². The first-order valence-electron chi connectivity index (χ1n) is 14.2. The van der Waals surface area contributed by atoms with Crippen LogP contribution in [0.4, 0.5) is 0 Å². The average molecular weight is 503 g/mol. The number of benzene rings is 4. The molecule has 0 radical (unpaired) electrons. The van der Waals surface area contributed by atoms with Gasteiger partial charge in [-0.3, -0.25) is 0 Å². The van der Waals surface area contributed by atoms with E-state index in [0.717, 1.165) is 12.8 Å². The summed E-state index contributed by atoms with van der Waals surface area (Å²) in [6.45, 7) is 19.1. The highest BCUT2D eigenvalue weighted by molar-refractivity contribution is 5.41. The average Bonchev–Trinajstić information content (AvgIpc) is 2.93. The lowest BCUT2D eigenvalue weighted by atomic mass is 9.53. The van der Waals surface area contributed by atoms with Gasteiger partial charge in [0.15, 0.2) is 0 Å². The zero-order valence-corrected chi connectivity index (χ0v) is 24.8. The smallest absolute Gasteiger partial charge is 0.00165 e. The van der Waals surface area contributed by atoms with Crippen LogP contribution in [0.25, 0.3) is 0 Å². The molecule has 0 nitrogen and oxygen atoms in total. The van der Waals surface area contributed by atoms with Crippen LogP contribution in [0.1, 0.15) is 87.8 Å². The lowest BCUT2D eigenvalue weighted by Crippen LogP contribution is -2.47. The Kier molecular flexibility index (Phi) is 7.76. The summed E-state index contributed by atoms with van der Waals surface area (Å²) >= 11 is 0. The Bertz CT molecular complexity index is 1310. The van der Waals surface area contributed by atoms with Crippen LogP contribution < -0.4 is 0 Å². The van der Waals surface area contributed by atoms with E-state index >= 15 is 0 Å². The Morgan fingerprint density at radius 1 is 0.368 bits per heavy atom. The molecule has 4 rings (SSSR count). The van der Waals surface area contributed by atoms with Crippen molar-refractivity contribution in [2.24, 2.45) is 0 Å². The fourth-order valence-electron chi connectivity index (χ4n) is 6.32. The molecule has 4 aromatic rings. The molecule has 38 heavy (non-hydrogen) atoms. The van der Waals surface area contributed by atoms with E-state index in [2.05, 4.69) is 165 Å². The predicted octanol–water partition coefficient (Wildman–Crippen LogP) is 10.3. The first-order chi connectivity index (χ1) is 17.9. The molecule has 4 aromatic carbocycles. The fraction of sp³-hybridized carbons (Fsp3) is 0.368. The van der Waals surface area contributed by atoms with Crippen LogP contribution in [0.2, 0.25) is 0 Å². The predicted molar refractivity (Wildman–Crippen MR) is 165 cm³/mol. The summed E-state index contributed by atoms with van der Waals surface area (Å²) in [6.07, 6.45) is 2.14. The number of hydrogen-bond donors (Lipinski definition) is 0. The molecule has 0 aliphatic heterocycles. The highest BCUT2D eigenvalue weighted by atomic mass is 14.5. The van der Waals surface area contributed by atoms with Gasteiger partial charge in [0.25, 0.3) is 0 Å². The van der Waals surface area contributed by atoms with Gasteiger partial charge in [-0.2, -0.15) is 0 Å². The normalized spacial score (nSPS) is 15.5. The Hall–Kier alpha value is -3.12. The molecule has 0 spiro atoms. The molecule has 0 fully saturated rings. The van der Waals surface area contributed by atoms with E-state index in [-0.39, 0.29) is 21.7 Å². The summed E-state index contributed by atoms with van der Waals surface area (Å²) in [7, 11) is 0. The van der Waals surface area contributed by atoms with Crippen molar-refractivity contribution in [3.05, 3.63) is 143 Å². The molecule has 0 aromatic heterocycles. The van der Waals surface area contributed by atoms with Crippen LogP contribution in [-0.2, 0) is 21.7 Å². The van der Waals surface area contributed by atoms with Gasteiger partial charge in [0, 0.05) is 10.8 Å². The van der Waals surface area contributed by atoms with Gasteiger partial charge in [0.05, 0.1) is 0 Å². The third kappa shape index (κ3) is 4.98. The van der Waals surface area contributed by atoms with Crippen LogP contribution in [0.5, 0.6) is 0 Å². The van der Waals surface area contributed by atoms with Crippen LogP contribution in [0.15, 0.2) is 109 Å². The molecule has 0 amide bonds. The van der Waals surface area contributed by atoms with Crippen molar-refractivity contribution < 1.29 is 0 Å². The van der Waals surface area contributed by atoms with E-state index in [4.69, 9.17) is 0 Å². The van der Waals surface area contributed by atoms with E-state index in [9.17, 15) is 0 Å². The van der Waals surface area contributed by atoms with Crippen molar-refractivity contribution in [3.8, 4) is 0 Å². The van der Waals surface area contributed by atoms with Crippen molar-refractivity contribution >= 4 is 0 Å². The maximum absolute atomic E-state index is 2.50. The third-order valence-electron chi connectivity index (χ3n) is 10.3. The molecular formula is C38H46. The lowest BCUT2D eigenvalue weighted by molar-refractivity contribution is 0.188. The van der Waals surface area contributed by atoms with Gasteiger partial charge in [-0.25, -0.2) is 0 Å². The monoisotopic (exact) mass is 502 g/mol. The summed E-state index contributed by atoms with van der Waals surface area (Å²) in [5.74, 6) is 0. The molecule has 0 saturated carbocycles. The topological polar surface area (TPSA) is 0 Å². The largest absolute Gasteiger partial charge is 0.0622 e. The zero-order chi connectivity index (χ0) is 27.6. The molecule has 0 N–H and O–H groups in total. The van der Waals surface area contributed by atoms with Gasteiger partial charge in [-0.05, 0) is 59.8 Å². The molecule has 2 unspecified atom stereocenters. The van der Waals surface area contributed by atoms with Crippen LogP contribution in [0.3, 0.4) is 0 Å². The molecule has 0 saturated heterocycles. The van der Waals surface area contributed by atoms with Crippen molar-refractivity contribution in [2.45, 2.75) is 89.9 Å². The third-order valence-corrected chi connectivity index (χ3v) is 10.3. The lowest BCUT2D eigenvalue weighted by Gasteiger charge is -2.51. The Balaban J connectivity index is 1.84. The molecular weight excluding hydrogens is 456 g/mol. The second-order valence-electron chi connectivity index (χ2n) is 12.9. The molecule has 0 aliphatic rings. The van der Waals surface area contributed by atoms with Crippen molar-refractivity contribution in [3.63, 3.8) is 0 Å². The Morgan fingerprint density at radius 2 is 0.658 bits per heavy atom. The SMILES string of the molecule is Cc1ccc(C(C)(C)C(C)(CCC(C)(c2ccccc2)C(C)(C)c2ccccc2)c2ccc(C)cc2)cc1. The van der Waals surface area contributed by atoms with E-state index in [1.165, 1.54) is 33.4 Å². The van der Waals surface area contributed by atoms with E-state index in [1.807, 2.05) is 0 Å². The van der Waals surface area contributed by atoms with Gasteiger partial charge >= 0.3 is 0 Å². The minimum absolute atomic E-state index is 0.0577. The molecule has 0 heteroatoms. The minimum atomic E-state index is -0.0707. The summed E-state index contributed by atoms with van der Waals surface area (Å²) in [5, 5.41) is 0. The number of rotatable bonds is 9. The standard InChI is InChI=1S/C38H46/c1-29-19-23-32(24-20-29)36(5,6)38(8,34-25-21-30(2)22-26-34)28-27-37(7,33-17-13-10-14-18-33)35(3,4)31-15-11-9-12-16-31/h9-26H,27-28H2,1-8H3. The molecule has 198 valence electrons. The summed E-state index contributed by atoms with van der Waals surface area (Å²) in [6, 6.07) is 40.8. The van der Waals surface area contributed by atoms with Crippen molar-refractivity contribution in [1.29, 1.82) is 0 Å². The summed E-state index contributed by atoms with van der Waals surface area (Å²) in [5.41, 5.74) is 7.98. The summed E-state index contributed by atoms with van der Waals surface area (Å²) in [4.78, 5) is 0. The molecule has 0 bridgehead atoms. The van der Waals surface area contributed by atoms with Gasteiger partial charge in [0.2, 0.25) is 0 Å². The van der Waals surface area contributed by atoms with Gasteiger partial charge in [-0.1, -0.05) is 162 Å². The second-order valence-corrected chi connectivity index (χ2v) is 12.9. The quantitative estimate of drug-likeness (QED) is 0.213. The molecule has 0 heterocycles. The first-order valence-corrected chi connectivity index (χ1v) is 14.2. The highest BCUT2D eigenvalue weighted by Gasteiger charge is 2.48. The summed E-state index contributed by atoms with van der Waals surface area (Å²) < 4.78 is 0. The first kappa shape index (κ1) is 27.9. The zero-order valence-electron chi connectivity index (χ0n) is 24.8. The van der Waals surface area contributed by atoms with Gasteiger partial charge in [-0.15, -0.1) is 0 Å². The maximum Gasteiger partial charge on any atom is 0.00165 e. The molecule has 2 atom stereocenters. The Morgan fingerprint density at radius 3 is 1.05 bits per heavy atom. The van der Waals surface area contributed by atoms with Crippen LogP contribution >= 0.6 is 0 Å². The van der Waals surface area contributed by atoms with Crippen molar-refractivity contribution in [2.75, 3.05) is 0 Å². The maximum atomic E-state index is 2.50. The number of hydrogen-bond acceptors (Lipinski definition) is 0.